The fraction of sp³-hybridized carbons (Fsp3) is 0.367. The highest BCUT2D eigenvalue weighted by Gasteiger charge is 2.61. The number of halogens is 3. The second-order valence-corrected chi connectivity index (χ2v) is 13.7. The first-order chi connectivity index (χ1) is 18.8. The topological polar surface area (TPSA) is 72.9 Å². The van der Waals surface area contributed by atoms with Gasteiger partial charge in [-0.05, 0) is 99.7 Å². The lowest BCUT2D eigenvalue weighted by atomic mass is 9.78. The van der Waals surface area contributed by atoms with E-state index in [4.69, 9.17) is 21.1 Å². The highest BCUT2D eigenvalue weighted by atomic mass is 35.5. The van der Waals surface area contributed by atoms with Gasteiger partial charge in [-0.1, -0.05) is 23.7 Å². The van der Waals surface area contributed by atoms with Gasteiger partial charge in [0.25, 0.3) is 0 Å². The summed E-state index contributed by atoms with van der Waals surface area (Å²) < 4.78 is 66.8. The van der Waals surface area contributed by atoms with E-state index in [-0.39, 0.29) is 35.1 Å². The lowest BCUT2D eigenvalue weighted by Crippen LogP contribution is -2.52. The van der Waals surface area contributed by atoms with Crippen LogP contribution < -0.4 is 4.74 Å². The van der Waals surface area contributed by atoms with Crippen LogP contribution in [0.15, 0.2) is 65.6 Å². The molecule has 0 unspecified atom stereocenters. The van der Waals surface area contributed by atoms with Crippen molar-refractivity contribution in [3.63, 3.8) is 0 Å². The maximum atomic E-state index is 14.4. The number of hydrogen-bond acceptors (Lipinski definition) is 5. The number of sulfone groups is 1. The van der Waals surface area contributed by atoms with Crippen LogP contribution in [0.4, 0.5) is 13.6 Å². The number of aryl methyl sites for hydroxylation is 1. The van der Waals surface area contributed by atoms with Crippen molar-refractivity contribution >= 4 is 27.5 Å². The zero-order valence-electron chi connectivity index (χ0n) is 22.4. The number of fused-ring (bicyclic) bond motifs is 3. The smallest absolute Gasteiger partial charge is 0.410 e. The molecule has 2 atom stereocenters. The summed E-state index contributed by atoms with van der Waals surface area (Å²) in [7, 11) is -4.10. The van der Waals surface area contributed by atoms with Gasteiger partial charge in [0.05, 0.1) is 16.0 Å². The summed E-state index contributed by atoms with van der Waals surface area (Å²) in [5.41, 5.74) is 0.791. The highest BCUT2D eigenvalue weighted by molar-refractivity contribution is 7.92. The number of carbonyl (C=O) groups is 1. The van der Waals surface area contributed by atoms with Gasteiger partial charge in [0.15, 0.2) is 9.84 Å². The Hall–Kier alpha value is -3.17. The van der Waals surface area contributed by atoms with Gasteiger partial charge in [0, 0.05) is 12.1 Å². The molecule has 6 nitrogen and oxygen atoms in total. The molecule has 5 rings (SSSR count). The summed E-state index contributed by atoms with van der Waals surface area (Å²) >= 11 is 6.14. The van der Waals surface area contributed by atoms with E-state index in [2.05, 4.69) is 0 Å². The summed E-state index contributed by atoms with van der Waals surface area (Å²) in [6.07, 6.45) is 0.431. The molecule has 3 aromatic rings. The molecule has 0 aromatic heterocycles. The predicted molar refractivity (Wildman–Crippen MR) is 147 cm³/mol. The van der Waals surface area contributed by atoms with Crippen molar-refractivity contribution < 1.29 is 31.5 Å². The van der Waals surface area contributed by atoms with Crippen LogP contribution in [0, 0.1) is 11.6 Å². The maximum absolute atomic E-state index is 14.4. The average molecular weight is 590 g/mol. The van der Waals surface area contributed by atoms with Crippen molar-refractivity contribution in [2.75, 3.05) is 6.54 Å². The molecular weight excluding hydrogens is 560 g/mol. The van der Waals surface area contributed by atoms with Crippen LogP contribution in [-0.4, -0.2) is 37.6 Å². The maximum Gasteiger partial charge on any atom is 0.410 e. The molecule has 212 valence electrons. The Labute approximate surface area is 237 Å². The monoisotopic (exact) mass is 589 g/mol. The fourth-order valence-corrected chi connectivity index (χ4v) is 8.37. The Balaban J connectivity index is 1.56. The molecule has 40 heavy (non-hydrogen) atoms. The minimum atomic E-state index is -4.10. The number of carbonyl (C=O) groups excluding carboxylic acids is 1. The van der Waals surface area contributed by atoms with E-state index in [9.17, 15) is 22.0 Å². The van der Waals surface area contributed by atoms with Crippen molar-refractivity contribution in [3.8, 4) is 5.75 Å². The van der Waals surface area contributed by atoms with Gasteiger partial charge >= 0.3 is 6.09 Å². The van der Waals surface area contributed by atoms with E-state index >= 15 is 0 Å². The van der Waals surface area contributed by atoms with Crippen molar-refractivity contribution in [2.45, 2.75) is 67.9 Å². The summed E-state index contributed by atoms with van der Waals surface area (Å²) in [5.74, 6) is -0.589. The third kappa shape index (κ3) is 4.94. The minimum absolute atomic E-state index is 0.0210. The van der Waals surface area contributed by atoms with Gasteiger partial charge in [0.1, 0.15) is 34.3 Å². The third-order valence-corrected chi connectivity index (χ3v) is 10.4. The van der Waals surface area contributed by atoms with E-state index in [1.165, 1.54) is 29.2 Å². The molecule has 1 fully saturated rings. The highest BCUT2D eigenvalue weighted by Crippen LogP contribution is 2.53. The summed E-state index contributed by atoms with van der Waals surface area (Å²) in [6, 6.07) is 13.6. The molecule has 0 N–H and O–H groups in total. The van der Waals surface area contributed by atoms with Crippen LogP contribution in [-0.2, 0) is 32.3 Å². The molecule has 1 aliphatic carbocycles. The Morgan fingerprint density at radius 3 is 2.50 bits per heavy atom. The van der Waals surface area contributed by atoms with Crippen molar-refractivity contribution in [1.82, 2.24) is 4.90 Å². The summed E-state index contributed by atoms with van der Waals surface area (Å²) in [4.78, 5) is 14.7. The molecule has 1 amide bonds. The second-order valence-electron chi connectivity index (χ2n) is 11.1. The molecule has 1 heterocycles. The van der Waals surface area contributed by atoms with Crippen molar-refractivity contribution in [3.05, 3.63) is 94.0 Å². The average Bonchev–Trinajstić information content (AvgIpc) is 3.29. The van der Waals surface area contributed by atoms with Crippen molar-refractivity contribution in [1.29, 1.82) is 0 Å². The number of hydrogen-bond donors (Lipinski definition) is 0. The van der Waals surface area contributed by atoms with Crippen LogP contribution >= 0.6 is 11.6 Å². The number of nitrogens with zero attached hydrogens (tertiary/aromatic N) is 1. The zero-order chi connectivity index (χ0) is 28.9. The lowest BCUT2D eigenvalue weighted by molar-refractivity contribution is 0.0202. The largest absolute Gasteiger partial charge is 0.489 e. The number of benzene rings is 3. The molecule has 0 radical (unpaired) electrons. The second kappa shape index (κ2) is 10.3. The number of likely N-dealkylation sites (tertiary alicyclic amines) is 1. The Morgan fingerprint density at radius 1 is 1.10 bits per heavy atom. The molecule has 0 bridgehead atoms. The van der Waals surface area contributed by atoms with Crippen LogP contribution in [0.25, 0.3) is 0 Å². The normalized spacial score (nSPS) is 20.6. The molecule has 1 aliphatic heterocycles. The van der Waals surface area contributed by atoms with Crippen LogP contribution in [0.2, 0.25) is 5.02 Å². The SMILES string of the molecule is CC(C)(C)OC(=O)N1CC[C@@]2(S(=O)(=O)c3ccc(F)cc3)c3ccc(OCc4c(F)cccc4Cl)cc3CC[C@@H]12. The third-order valence-electron chi connectivity index (χ3n) is 7.53. The van der Waals surface area contributed by atoms with E-state index in [1.807, 2.05) is 0 Å². The first-order valence-electron chi connectivity index (χ1n) is 13.0. The van der Waals surface area contributed by atoms with Gasteiger partial charge < -0.3 is 14.4 Å². The standard InChI is InChI=1S/C30H30ClF2NO5S/c1-29(2,3)39-28(35)34-16-15-30(40(36,37)22-11-8-20(32)9-12-22)24-13-10-21(17-19(24)7-14-27(30)34)38-18-23-25(31)5-4-6-26(23)33/h4-6,8-13,17,27H,7,14-16,18H2,1-3H3/t27-,30-/m1/s1. The Kier molecular flexibility index (Phi) is 7.33. The first kappa shape index (κ1) is 28.4. The van der Waals surface area contributed by atoms with Crippen LogP contribution in [0.1, 0.15) is 50.3 Å². The van der Waals surface area contributed by atoms with Gasteiger partial charge in [0.2, 0.25) is 0 Å². The molecule has 0 saturated carbocycles. The molecule has 2 aliphatic rings. The van der Waals surface area contributed by atoms with Gasteiger partial charge in [-0.2, -0.15) is 0 Å². The van der Waals surface area contributed by atoms with E-state index in [1.54, 1.807) is 45.0 Å². The zero-order valence-corrected chi connectivity index (χ0v) is 24.0. The summed E-state index contributed by atoms with van der Waals surface area (Å²) in [6.45, 7) is 5.36. The van der Waals surface area contributed by atoms with Gasteiger partial charge in [-0.3, -0.25) is 0 Å². The van der Waals surface area contributed by atoms with Gasteiger partial charge in [-0.15, -0.1) is 0 Å². The quantitative estimate of drug-likeness (QED) is 0.305. The lowest BCUT2D eigenvalue weighted by Gasteiger charge is -2.42. The number of amides is 1. The Bertz CT molecular complexity index is 1540. The van der Waals surface area contributed by atoms with Crippen LogP contribution in [0.3, 0.4) is 0 Å². The first-order valence-corrected chi connectivity index (χ1v) is 14.9. The Morgan fingerprint density at radius 2 is 1.82 bits per heavy atom. The molecular formula is C30H30ClF2NO5S. The van der Waals surface area contributed by atoms with E-state index in [0.29, 0.717) is 24.2 Å². The molecule has 0 spiro atoms. The van der Waals surface area contributed by atoms with Crippen molar-refractivity contribution in [2.24, 2.45) is 0 Å². The number of ether oxygens (including phenoxy) is 2. The van der Waals surface area contributed by atoms with E-state index in [0.717, 1.165) is 17.7 Å². The summed E-state index contributed by atoms with van der Waals surface area (Å²) in [5, 5.41) is 0.248. The molecule has 3 aromatic carbocycles. The minimum Gasteiger partial charge on any atom is -0.489 e. The number of rotatable bonds is 5. The predicted octanol–water partition coefficient (Wildman–Crippen LogP) is 6.82. The van der Waals surface area contributed by atoms with Crippen LogP contribution in [0.5, 0.6) is 5.75 Å². The molecule has 10 heteroatoms. The van der Waals surface area contributed by atoms with E-state index < -0.39 is 44.0 Å². The van der Waals surface area contributed by atoms with Gasteiger partial charge in [-0.25, -0.2) is 22.0 Å². The fourth-order valence-electron chi connectivity index (χ4n) is 5.78. The molecule has 1 saturated heterocycles.